The summed E-state index contributed by atoms with van der Waals surface area (Å²) in [6.07, 6.45) is 2.21. The summed E-state index contributed by atoms with van der Waals surface area (Å²) in [6, 6.07) is 28.8. The van der Waals surface area contributed by atoms with Crippen molar-refractivity contribution in [2.75, 3.05) is 0 Å². The minimum absolute atomic E-state index is 0.0286. The van der Waals surface area contributed by atoms with Crippen LogP contribution in [-0.2, 0) is 22.4 Å². The van der Waals surface area contributed by atoms with Crippen LogP contribution in [0.4, 0.5) is 0 Å². The van der Waals surface area contributed by atoms with Crippen LogP contribution in [0.1, 0.15) is 30.4 Å². The van der Waals surface area contributed by atoms with E-state index >= 15 is 0 Å². The third kappa shape index (κ3) is 4.60. The van der Waals surface area contributed by atoms with Crippen LogP contribution >= 0.6 is 0 Å². The first kappa shape index (κ1) is 19.1. The van der Waals surface area contributed by atoms with Crippen LogP contribution in [0.15, 0.2) is 84.9 Å². The molecule has 0 aromatic heterocycles. The van der Waals surface area contributed by atoms with Crippen molar-refractivity contribution < 1.29 is 9.59 Å². The van der Waals surface area contributed by atoms with Gasteiger partial charge in [0.15, 0.2) is 0 Å². The van der Waals surface area contributed by atoms with Gasteiger partial charge in [0.05, 0.1) is 6.42 Å². The molecule has 29 heavy (non-hydrogen) atoms. The summed E-state index contributed by atoms with van der Waals surface area (Å²) in [4.78, 5) is 24.7. The molecule has 0 unspecified atom stereocenters. The van der Waals surface area contributed by atoms with Gasteiger partial charge in [0.25, 0.3) is 0 Å². The van der Waals surface area contributed by atoms with Gasteiger partial charge in [-0.25, -0.2) is 0 Å². The molecule has 0 amide bonds. The minimum Gasteiger partial charge on any atom is -0.299 e. The van der Waals surface area contributed by atoms with Crippen LogP contribution in [0.5, 0.6) is 0 Å². The number of benzene rings is 4. The van der Waals surface area contributed by atoms with Gasteiger partial charge >= 0.3 is 0 Å². The second-order valence-corrected chi connectivity index (χ2v) is 7.53. The van der Waals surface area contributed by atoms with Crippen molar-refractivity contribution >= 4 is 33.1 Å². The van der Waals surface area contributed by atoms with E-state index in [0.29, 0.717) is 25.7 Å². The Kier molecular flexibility index (Phi) is 5.81. The van der Waals surface area contributed by atoms with Crippen molar-refractivity contribution in [2.45, 2.75) is 32.1 Å². The maximum Gasteiger partial charge on any atom is 0.140 e. The van der Waals surface area contributed by atoms with Gasteiger partial charge in [0.2, 0.25) is 0 Å². The van der Waals surface area contributed by atoms with E-state index < -0.39 is 0 Å². The summed E-state index contributed by atoms with van der Waals surface area (Å²) in [6.45, 7) is 0. The zero-order valence-corrected chi connectivity index (χ0v) is 16.4. The number of carbonyl (C=O) groups is 2. The van der Waals surface area contributed by atoms with Crippen LogP contribution in [-0.4, -0.2) is 11.6 Å². The predicted octanol–water partition coefficient (Wildman–Crippen LogP) is 6.09. The van der Waals surface area contributed by atoms with Gasteiger partial charge in [-0.15, -0.1) is 0 Å². The van der Waals surface area contributed by atoms with Crippen molar-refractivity contribution in [3.63, 3.8) is 0 Å². The van der Waals surface area contributed by atoms with Crippen LogP contribution in [0.3, 0.4) is 0 Å². The minimum atomic E-state index is 0.0286. The number of fused-ring (bicyclic) bond motifs is 2. The molecule has 4 rings (SSSR count). The molecule has 0 radical (unpaired) electrons. The SMILES string of the molecule is O=C(CCc1cccc2ccccc12)CC(=O)CCc1cccc2ccccc12. The normalized spacial score (nSPS) is 11.0. The van der Waals surface area contributed by atoms with E-state index in [4.69, 9.17) is 0 Å². The lowest BCUT2D eigenvalue weighted by Crippen LogP contribution is -2.09. The Morgan fingerprint density at radius 2 is 0.931 bits per heavy atom. The summed E-state index contributed by atoms with van der Waals surface area (Å²) in [5.41, 5.74) is 2.33. The molecule has 0 aliphatic rings. The first-order valence-electron chi connectivity index (χ1n) is 10.2. The molecule has 0 bridgehead atoms. The average molecular weight is 380 g/mol. The van der Waals surface area contributed by atoms with Crippen LogP contribution < -0.4 is 0 Å². The fourth-order valence-electron chi connectivity index (χ4n) is 3.97. The number of ketones is 2. The standard InChI is InChI=1S/C27H24O2/c28-24(17-15-22-11-5-9-20-7-1-3-13-26(20)22)19-25(29)18-16-23-12-6-10-21-8-2-4-14-27(21)23/h1-14H,15-19H2. The lowest BCUT2D eigenvalue weighted by atomic mass is 9.96. The second kappa shape index (κ2) is 8.83. The van der Waals surface area contributed by atoms with Crippen LogP contribution in [0.25, 0.3) is 21.5 Å². The molecule has 0 saturated heterocycles. The Morgan fingerprint density at radius 3 is 1.41 bits per heavy atom. The fraction of sp³-hybridized carbons (Fsp3) is 0.185. The highest BCUT2D eigenvalue weighted by Gasteiger charge is 2.12. The third-order valence-corrected chi connectivity index (χ3v) is 5.50. The van der Waals surface area contributed by atoms with E-state index in [1.807, 2.05) is 36.4 Å². The van der Waals surface area contributed by atoms with Gasteiger partial charge in [0.1, 0.15) is 11.6 Å². The van der Waals surface area contributed by atoms with Crippen molar-refractivity contribution in [2.24, 2.45) is 0 Å². The second-order valence-electron chi connectivity index (χ2n) is 7.53. The molecule has 0 atom stereocenters. The van der Waals surface area contributed by atoms with Crippen molar-refractivity contribution in [1.29, 1.82) is 0 Å². The summed E-state index contributed by atoms with van der Waals surface area (Å²) in [7, 11) is 0. The Morgan fingerprint density at radius 1 is 0.517 bits per heavy atom. The predicted molar refractivity (Wildman–Crippen MR) is 119 cm³/mol. The van der Waals surface area contributed by atoms with E-state index in [-0.39, 0.29) is 18.0 Å². The maximum atomic E-state index is 12.4. The maximum absolute atomic E-state index is 12.4. The Balaban J connectivity index is 1.32. The number of rotatable bonds is 8. The molecule has 0 N–H and O–H groups in total. The van der Waals surface area contributed by atoms with Gasteiger partial charge in [-0.1, -0.05) is 84.9 Å². The molecule has 4 aromatic carbocycles. The lowest BCUT2D eigenvalue weighted by molar-refractivity contribution is -0.126. The molecule has 0 heterocycles. The molecule has 0 aliphatic heterocycles. The molecule has 2 nitrogen and oxygen atoms in total. The third-order valence-electron chi connectivity index (χ3n) is 5.50. The van der Waals surface area contributed by atoms with E-state index in [9.17, 15) is 9.59 Å². The van der Waals surface area contributed by atoms with Crippen molar-refractivity contribution in [3.05, 3.63) is 96.1 Å². The van der Waals surface area contributed by atoms with E-state index in [0.717, 1.165) is 0 Å². The van der Waals surface area contributed by atoms with Gasteiger partial charge in [-0.2, -0.15) is 0 Å². The number of aryl methyl sites for hydroxylation is 2. The first-order valence-corrected chi connectivity index (χ1v) is 10.2. The molecular weight excluding hydrogens is 356 g/mol. The van der Waals surface area contributed by atoms with E-state index in [1.165, 1.54) is 32.7 Å². The Labute approximate surface area is 171 Å². The summed E-state index contributed by atoms with van der Waals surface area (Å²) in [5.74, 6) is 0.0571. The molecule has 0 spiro atoms. The van der Waals surface area contributed by atoms with Crippen molar-refractivity contribution in [3.8, 4) is 0 Å². The zero-order chi connectivity index (χ0) is 20.1. The average Bonchev–Trinajstić information content (AvgIpc) is 2.76. The highest BCUT2D eigenvalue weighted by Crippen LogP contribution is 2.21. The first-order chi connectivity index (χ1) is 14.2. The topological polar surface area (TPSA) is 34.1 Å². The molecule has 0 aliphatic carbocycles. The Hall–Kier alpha value is -3.26. The van der Waals surface area contributed by atoms with E-state index in [1.54, 1.807) is 0 Å². The molecule has 2 heteroatoms. The Bertz CT molecular complexity index is 1070. The molecule has 0 saturated carbocycles. The highest BCUT2D eigenvalue weighted by molar-refractivity contribution is 5.99. The lowest BCUT2D eigenvalue weighted by Gasteiger charge is -2.07. The number of Topliss-reactive ketones (excluding diaryl/α,β-unsaturated/α-hetero) is 2. The van der Waals surface area contributed by atoms with Gasteiger partial charge in [-0.3, -0.25) is 9.59 Å². The quantitative estimate of drug-likeness (QED) is 0.347. The van der Waals surface area contributed by atoms with Crippen molar-refractivity contribution in [1.82, 2.24) is 0 Å². The smallest absolute Gasteiger partial charge is 0.140 e. The monoisotopic (exact) mass is 380 g/mol. The highest BCUT2D eigenvalue weighted by atomic mass is 16.1. The zero-order valence-electron chi connectivity index (χ0n) is 16.4. The molecular formula is C27H24O2. The fourth-order valence-corrected chi connectivity index (χ4v) is 3.97. The number of hydrogen-bond donors (Lipinski definition) is 0. The largest absolute Gasteiger partial charge is 0.299 e. The van der Waals surface area contributed by atoms with Gasteiger partial charge < -0.3 is 0 Å². The molecule has 144 valence electrons. The van der Waals surface area contributed by atoms with Crippen LogP contribution in [0, 0.1) is 0 Å². The van der Waals surface area contributed by atoms with Gasteiger partial charge in [-0.05, 0) is 45.5 Å². The summed E-state index contributed by atoms with van der Waals surface area (Å²) < 4.78 is 0. The number of hydrogen-bond acceptors (Lipinski definition) is 2. The summed E-state index contributed by atoms with van der Waals surface area (Å²) >= 11 is 0. The number of carbonyl (C=O) groups excluding carboxylic acids is 2. The van der Waals surface area contributed by atoms with E-state index in [2.05, 4.69) is 48.5 Å². The van der Waals surface area contributed by atoms with Gasteiger partial charge in [0, 0.05) is 12.8 Å². The molecule has 0 fully saturated rings. The molecule has 4 aromatic rings. The summed E-state index contributed by atoms with van der Waals surface area (Å²) in [5, 5.41) is 4.74. The van der Waals surface area contributed by atoms with Crippen LogP contribution in [0.2, 0.25) is 0 Å².